The maximum atomic E-state index is 6.00. The van der Waals surface area contributed by atoms with Crippen LogP contribution >= 0.6 is 43.5 Å². The standard InChI is InChI=1S/C15H13Br2ClO/c1-19-12-5-2-10(3-6-12)8-13(16)11-4-7-15(18)14(17)9-11/h2-7,9,13H,8H2,1H3. The van der Waals surface area contributed by atoms with Crippen LogP contribution in [-0.2, 0) is 6.42 Å². The SMILES string of the molecule is COc1ccc(CC(Br)c2ccc(Cl)c(Br)c2)cc1. The van der Waals surface area contributed by atoms with E-state index in [1.807, 2.05) is 30.3 Å². The number of alkyl halides is 1. The minimum absolute atomic E-state index is 0.259. The average Bonchev–Trinajstić information content (AvgIpc) is 2.42. The van der Waals surface area contributed by atoms with Crippen LogP contribution < -0.4 is 4.74 Å². The first kappa shape index (κ1) is 14.9. The normalized spacial score (nSPS) is 12.2. The molecule has 2 aromatic carbocycles. The Kier molecular flexibility index (Phi) is 5.31. The summed E-state index contributed by atoms with van der Waals surface area (Å²) in [5, 5.41) is 0.730. The van der Waals surface area contributed by atoms with Crippen molar-refractivity contribution in [2.24, 2.45) is 0 Å². The molecule has 0 spiro atoms. The fourth-order valence-corrected chi connectivity index (χ4v) is 2.97. The second-order valence-electron chi connectivity index (χ2n) is 4.19. The summed E-state index contributed by atoms with van der Waals surface area (Å²) in [5.74, 6) is 0.879. The lowest BCUT2D eigenvalue weighted by Gasteiger charge is -2.12. The average molecular weight is 405 g/mol. The van der Waals surface area contributed by atoms with Crippen molar-refractivity contribution >= 4 is 43.5 Å². The number of rotatable bonds is 4. The molecule has 0 heterocycles. The third kappa shape index (κ3) is 3.98. The van der Waals surface area contributed by atoms with Crippen molar-refractivity contribution in [1.82, 2.24) is 0 Å². The van der Waals surface area contributed by atoms with Crippen LogP contribution in [0.2, 0.25) is 5.02 Å². The topological polar surface area (TPSA) is 9.23 Å². The van der Waals surface area contributed by atoms with E-state index >= 15 is 0 Å². The highest BCUT2D eigenvalue weighted by molar-refractivity contribution is 9.10. The monoisotopic (exact) mass is 402 g/mol. The summed E-state index contributed by atoms with van der Waals surface area (Å²) in [6.45, 7) is 0. The predicted octanol–water partition coefficient (Wildman–Crippen LogP) is 5.79. The molecule has 0 amide bonds. The number of hydrogen-bond donors (Lipinski definition) is 0. The fourth-order valence-electron chi connectivity index (χ4n) is 1.79. The van der Waals surface area contributed by atoms with Crippen molar-refractivity contribution in [1.29, 1.82) is 0 Å². The lowest BCUT2D eigenvalue weighted by molar-refractivity contribution is 0.414. The molecule has 1 unspecified atom stereocenters. The van der Waals surface area contributed by atoms with Gasteiger partial charge in [0.1, 0.15) is 5.75 Å². The molecule has 0 aliphatic rings. The van der Waals surface area contributed by atoms with Gasteiger partial charge in [-0.25, -0.2) is 0 Å². The molecule has 2 aromatic rings. The zero-order valence-electron chi connectivity index (χ0n) is 10.4. The second kappa shape index (κ2) is 6.78. The quantitative estimate of drug-likeness (QED) is 0.586. The van der Waals surface area contributed by atoms with Crippen LogP contribution in [0, 0.1) is 0 Å². The van der Waals surface area contributed by atoms with E-state index in [-0.39, 0.29) is 4.83 Å². The molecule has 0 aliphatic heterocycles. The maximum Gasteiger partial charge on any atom is 0.118 e. The van der Waals surface area contributed by atoms with Gasteiger partial charge in [-0.15, -0.1) is 0 Å². The van der Waals surface area contributed by atoms with Crippen molar-refractivity contribution in [2.45, 2.75) is 11.2 Å². The van der Waals surface area contributed by atoms with Gasteiger partial charge in [0.25, 0.3) is 0 Å². The first-order valence-electron chi connectivity index (χ1n) is 5.82. The van der Waals surface area contributed by atoms with Crippen molar-refractivity contribution < 1.29 is 4.74 Å². The summed E-state index contributed by atoms with van der Waals surface area (Å²) >= 11 is 13.2. The van der Waals surface area contributed by atoms with Crippen LogP contribution in [0.25, 0.3) is 0 Å². The molecule has 0 radical (unpaired) electrons. The van der Waals surface area contributed by atoms with Gasteiger partial charge in [0.2, 0.25) is 0 Å². The molecular weight excluding hydrogens is 391 g/mol. The number of benzene rings is 2. The lowest BCUT2D eigenvalue weighted by atomic mass is 10.0. The maximum absolute atomic E-state index is 6.00. The smallest absolute Gasteiger partial charge is 0.118 e. The largest absolute Gasteiger partial charge is 0.497 e. The molecule has 0 aliphatic carbocycles. The third-order valence-electron chi connectivity index (χ3n) is 2.88. The Morgan fingerprint density at radius 1 is 1.16 bits per heavy atom. The Bertz CT molecular complexity index is 555. The van der Waals surface area contributed by atoms with Gasteiger partial charge >= 0.3 is 0 Å². The highest BCUT2D eigenvalue weighted by atomic mass is 79.9. The van der Waals surface area contributed by atoms with Gasteiger partial charge in [-0.05, 0) is 57.7 Å². The number of halogens is 3. The van der Waals surface area contributed by atoms with E-state index in [1.165, 1.54) is 11.1 Å². The molecule has 0 saturated carbocycles. The molecule has 0 N–H and O–H groups in total. The van der Waals surface area contributed by atoms with Gasteiger partial charge in [0.15, 0.2) is 0 Å². The third-order valence-corrected chi connectivity index (χ3v) is 4.95. The first-order chi connectivity index (χ1) is 9.10. The van der Waals surface area contributed by atoms with Crippen molar-refractivity contribution in [3.8, 4) is 5.75 Å². The summed E-state index contributed by atoms with van der Waals surface area (Å²) in [7, 11) is 1.67. The van der Waals surface area contributed by atoms with Crippen LogP contribution in [0.3, 0.4) is 0 Å². The van der Waals surface area contributed by atoms with Crippen molar-refractivity contribution in [2.75, 3.05) is 7.11 Å². The fraction of sp³-hybridized carbons (Fsp3) is 0.200. The minimum atomic E-state index is 0.259. The van der Waals surface area contributed by atoms with E-state index in [0.717, 1.165) is 21.7 Å². The summed E-state index contributed by atoms with van der Waals surface area (Å²) in [6, 6.07) is 14.1. The van der Waals surface area contributed by atoms with Gasteiger partial charge in [-0.1, -0.05) is 45.7 Å². The van der Waals surface area contributed by atoms with Gasteiger partial charge in [-0.3, -0.25) is 0 Å². The van der Waals surface area contributed by atoms with Gasteiger partial charge in [-0.2, -0.15) is 0 Å². The molecule has 0 fully saturated rings. The van der Waals surface area contributed by atoms with Crippen LogP contribution in [-0.4, -0.2) is 7.11 Å². The van der Waals surface area contributed by atoms with Gasteiger partial charge in [0, 0.05) is 9.30 Å². The number of hydrogen-bond acceptors (Lipinski definition) is 1. The van der Waals surface area contributed by atoms with Crippen molar-refractivity contribution in [3.05, 3.63) is 63.1 Å². The Morgan fingerprint density at radius 3 is 2.42 bits per heavy atom. The zero-order chi connectivity index (χ0) is 13.8. The minimum Gasteiger partial charge on any atom is -0.497 e. The van der Waals surface area contributed by atoms with E-state index in [1.54, 1.807) is 7.11 Å². The number of ether oxygens (including phenoxy) is 1. The Hall–Kier alpha value is -0.510. The molecule has 4 heteroatoms. The molecule has 1 nitrogen and oxygen atoms in total. The van der Waals surface area contributed by atoms with Crippen LogP contribution in [0.5, 0.6) is 5.75 Å². The van der Waals surface area contributed by atoms with E-state index in [2.05, 4.69) is 44.0 Å². The van der Waals surface area contributed by atoms with Crippen LogP contribution in [0.4, 0.5) is 0 Å². The Balaban J connectivity index is 2.10. The zero-order valence-corrected chi connectivity index (χ0v) is 14.3. The first-order valence-corrected chi connectivity index (χ1v) is 7.91. The Labute approximate surface area is 135 Å². The molecule has 0 aromatic heterocycles. The summed E-state index contributed by atoms with van der Waals surface area (Å²) in [4.78, 5) is 0.259. The molecule has 1 atom stereocenters. The van der Waals surface area contributed by atoms with E-state index in [0.29, 0.717) is 0 Å². The summed E-state index contributed by atoms with van der Waals surface area (Å²) < 4.78 is 6.08. The highest BCUT2D eigenvalue weighted by Gasteiger charge is 2.10. The van der Waals surface area contributed by atoms with Gasteiger partial charge < -0.3 is 4.74 Å². The molecule has 0 bridgehead atoms. The molecule has 0 saturated heterocycles. The number of methoxy groups -OCH3 is 1. The Morgan fingerprint density at radius 2 is 1.84 bits per heavy atom. The van der Waals surface area contributed by atoms with E-state index in [9.17, 15) is 0 Å². The second-order valence-corrected chi connectivity index (χ2v) is 6.56. The highest BCUT2D eigenvalue weighted by Crippen LogP contribution is 2.32. The van der Waals surface area contributed by atoms with Gasteiger partial charge in [0.05, 0.1) is 12.1 Å². The molecule has 19 heavy (non-hydrogen) atoms. The predicted molar refractivity (Wildman–Crippen MR) is 87.5 cm³/mol. The van der Waals surface area contributed by atoms with Crippen LogP contribution in [0.15, 0.2) is 46.9 Å². The van der Waals surface area contributed by atoms with Crippen LogP contribution in [0.1, 0.15) is 16.0 Å². The molecular formula is C15H13Br2ClO. The summed E-state index contributed by atoms with van der Waals surface area (Å²) in [5.41, 5.74) is 2.46. The molecule has 2 rings (SSSR count). The van der Waals surface area contributed by atoms with E-state index in [4.69, 9.17) is 16.3 Å². The molecule has 100 valence electrons. The van der Waals surface area contributed by atoms with E-state index < -0.39 is 0 Å². The van der Waals surface area contributed by atoms with Crippen molar-refractivity contribution in [3.63, 3.8) is 0 Å². The summed E-state index contributed by atoms with van der Waals surface area (Å²) in [6.07, 6.45) is 0.915. The lowest BCUT2D eigenvalue weighted by Crippen LogP contribution is -1.95.